The maximum absolute atomic E-state index is 9.85. The van der Waals surface area contributed by atoms with Crippen molar-refractivity contribution in [1.82, 2.24) is 0 Å². The first-order chi connectivity index (χ1) is 9.58. The fourth-order valence-electron chi connectivity index (χ4n) is 1.62. The van der Waals surface area contributed by atoms with Gasteiger partial charge in [-0.05, 0) is 43.2 Å². The zero-order valence-electron chi connectivity index (χ0n) is 11.1. The Hall–Kier alpha value is -0.697. The standard InChI is InChI=1S/C14H14N2O.2ClH.Zr/c1-10-8-11(2)14(17)13(9-10)16-15-12-6-4-3-5-7-12;;;/h3-9,17H,1-2H3;2*1H;/q;;;+2/p-2. The molecule has 0 heterocycles. The third kappa shape index (κ3) is 5.74. The van der Waals surface area contributed by atoms with Crippen LogP contribution >= 0.6 is 17.0 Å². The van der Waals surface area contributed by atoms with Crippen LogP contribution in [0.5, 0.6) is 5.75 Å². The minimum atomic E-state index is -0.826. The molecule has 6 heteroatoms. The van der Waals surface area contributed by atoms with Crippen LogP contribution in [0.4, 0.5) is 11.4 Å². The zero-order chi connectivity index (χ0) is 15.0. The second-order valence-electron chi connectivity index (χ2n) is 4.06. The van der Waals surface area contributed by atoms with Crippen molar-refractivity contribution in [2.24, 2.45) is 10.2 Å². The van der Waals surface area contributed by atoms with E-state index in [1.54, 1.807) is 0 Å². The second kappa shape index (κ2) is 9.28. The average Bonchev–Trinajstić information content (AvgIpc) is 2.43. The number of phenols is 1. The van der Waals surface area contributed by atoms with E-state index in [0.29, 0.717) is 5.69 Å². The Balaban J connectivity index is 0.000000612. The number of hydrogen-bond donors (Lipinski definition) is 1. The fourth-order valence-corrected chi connectivity index (χ4v) is 1.62. The van der Waals surface area contributed by atoms with Crippen molar-refractivity contribution in [2.75, 3.05) is 0 Å². The minimum absolute atomic E-state index is 0.190. The molecule has 0 aliphatic carbocycles. The summed E-state index contributed by atoms with van der Waals surface area (Å²) >= 11 is -0.826. The van der Waals surface area contributed by atoms with Crippen molar-refractivity contribution in [3.63, 3.8) is 0 Å². The van der Waals surface area contributed by atoms with Crippen LogP contribution in [-0.4, -0.2) is 5.11 Å². The fraction of sp³-hybridized carbons (Fsp3) is 0.143. The Bertz CT molecular complexity index is 577. The molecule has 3 nitrogen and oxygen atoms in total. The van der Waals surface area contributed by atoms with Gasteiger partial charge in [0.15, 0.2) is 0 Å². The molecule has 20 heavy (non-hydrogen) atoms. The Morgan fingerprint density at radius 1 is 1.00 bits per heavy atom. The summed E-state index contributed by atoms with van der Waals surface area (Å²) in [5.74, 6) is 0.190. The predicted octanol–water partition coefficient (Wildman–Crippen LogP) is 5.80. The van der Waals surface area contributed by atoms with Crippen molar-refractivity contribution in [1.29, 1.82) is 0 Å². The molecular weight excluding hydrogens is 374 g/mol. The molecule has 2 rings (SSSR count). The number of aryl methyl sites for hydroxylation is 2. The molecule has 0 aliphatic rings. The van der Waals surface area contributed by atoms with Gasteiger partial charge in [0.05, 0.1) is 5.69 Å². The van der Waals surface area contributed by atoms with Gasteiger partial charge >= 0.3 is 37.9 Å². The Labute approximate surface area is 137 Å². The van der Waals surface area contributed by atoms with Gasteiger partial charge in [-0.3, -0.25) is 0 Å². The number of phenolic OH excluding ortho intramolecular Hbond substituents is 1. The molecule has 0 bridgehead atoms. The van der Waals surface area contributed by atoms with Gasteiger partial charge in [0.2, 0.25) is 0 Å². The molecule has 104 valence electrons. The summed E-state index contributed by atoms with van der Waals surface area (Å²) in [6.07, 6.45) is 0. The first-order valence-electron chi connectivity index (χ1n) is 5.81. The van der Waals surface area contributed by atoms with E-state index in [-0.39, 0.29) is 5.75 Å². The van der Waals surface area contributed by atoms with Gasteiger partial charge in [-0.25, -0.2) is 0 Å². The maximum atomic E-state index is 9.85. The van der Waals surface area contributed by atoms with E-state index < -0.39 is 20.8 Å². The van der Waals surface area contributed by atoms with Crippen LogP contribution in [-0.2, 0) is 20.8 Å². The molecule has 0 saturated heterocycles. The van der Waals surface area contributed by atoms with Gasteiger partial charge in [0, 0.05) is 0 Å². The molecule has 0 unspecified atom stereocenters. The first-order valence-corrected chi connectivity index (χ1v) is 12.1. The van der Waals surface area contributed by atoms with Crippen molar-refractivity contribution in [2.45, 2.75) is 13.8 Å². The van der Waals surface area contributed by atoms with E-state index in [9.17, 15) is 5.11 Å². The third-order valence-electron chi connectivity index (χ3n) is 2.45. The van der Waals surface area contributed by atoms with Crippen LogP contribution in [0, 0.1) is 13.8 Å². The number of rotatable bonds is 2. The Kier molecular flexibility index (Phi) is 8.05. The van der Waals surface area contributed by atoms with E-state index in [1.165, 1.54) is 0 Å². The predicted molar refractivity (Wildman–Crippen MR) is 79.9 cm³/mol. The molecule has 0 aliphatic heterocycles. The number of halogens is 2. The van der Waals surface area contributed by atoms with Crippen LogP contribution < -0.4 is 0 Å². The molecule has 0 saturated carbocycles. The number of nitrogens with zero attached hydrogens (tertiary/aromatic N) is 2. The van der Waals surface area contributed by atoms with E-state index in [4.69, 9.17) is 17.0 Å². The van der Waals surface area contributed by atoms with E-state index in [0.717, 1.165) is 16.8 Å². The number of hydrogen-bond acceptors (Lipinski definition) is 3. The molecule has 0 spiro atoms. The van der Waals surface area contributed by atoms with Gasteiger partial charge < -0.3 is 5.11 Å². The van der Waals surface area contributed by atoms with Gasteiger partial charge in [0.1, 0.15) is 11.4 Å². The summed E-state index contributed by atoms with van der Waals surface area (Å²) in [6.45, 7) is 3.82. The number of aromatic hydroxyl groups is 1. The topological polar surface area (TPSA) is 45.0 Å². The summed E-state index contributed by atoms with van der Waals surface area (Å²) in [5.41, 5.74) is 3.15. The van der Waals surface area contributed by atoms with Crippen LogP contribution in [0.15, 0.2) is 52.7 Å². The van der Waals surface area contributed by atoms with Crippen LogP contribution in [0.1, 0.15) is 11.1 Å². The molecular formula is C14H14Cl2N2OZr. The molecule has 0 aromatic heterocycles. The van der Waals surface area contributed by atoms with E-state index in [1.807, 2.05) is 56.3 Å². The van der Waals surface area contributed by atoms with Crippen molar-refractivity contribution in [3.8, 4) is 5.75 Å². The second-order valence-corrected chi connectivity index (χ2v) is 7.79. The molecule has 2 aromatic rings. The first kappa shape index (κ1) is 17.4. The zero-order valence-corrected chi connectivity index (χ0v) is 15.1. The molecule has 0 atom stereocenters. The summed E-state index contributed by atoms with van der Waals surface area (Å²) in [7, 11) is 9.87. The van der Waals surface area contributed by atoms with Gasteiger partial charge in [-0.15, -0.1) is 5.11 Å². The number of benzene rings is 2. The van der Waals surface area contributed by atoms with E-state index in [2.05, 4.69) is 10.2 Å². The Morgan fingerprint density at radius 2 is 1.60 bits per heavy atom. The Morgan fingerprint density at radius 3 is 2.20 bits per heavy atom. The van der Waals surface area contributed by atoms with Crippen molar-refractivity contribution in [3.05, 3.63) is 53.6 Å². The van der Waals surface area contributed by atoms with Crippen LogP contribution in [0.25, 0.3) is 0 Å². The molecule has 2 aromatic carbocycles. The van der Waals surface area contributed by atoms with Crippen molar-refractivity contribution >= 4 is 28.4 Å². The number of azo groups is 1. The monoisotopic (exact) mass is 386 g/mol. The molecule has 0 fully saturated rings. The molecule has 1 N–H and O–H groups in total. The summed E-state index contributed by atoms with van der Waals surface area (Å²) in [4.78, 5) is 0. The summed E-state index contributed by atoms with van der Waals surface area (Å²) in [5, 5.41) is 18.0. The van der Waals surface area contributed by atoms with Crippen molar-refractivity contribution < 1.29 is 26.0 Å². The van der Waals surface area contributed by atoms with Crippen LogP contribution in [0.3, 0.4) is 0 Å². The average molecular weight is 388 g/mol. The van der Waals surface area contributed by atoms with E-state index >= 15 is 0 Å². The van der Waals surface area contributed by atoms with Gasteiger partial charge in [0.25, 0.3) is 0 Å². The normalized spacial score (nSPS) is 10.0. The van der Waals surface area contributed by atoms with Gasteiger partial charge in [-0.2, -0.15) is 5.11 Å². The quantitative estimate of drug-likeness (QED) is 0.649. The summed E-state index contributed by atoms with van der Waals surface area (Å²) < 4.78 is 0. The third-order valence-corrected chi connectivity index (χ3v) is 2.45. The molecule has 0 amide bonds. The SMILES string of the molecule is Cc1cc(C)c(O)c(N=Nc2ccccc2)c1.[Cl][Zr][Cl]. The molecule has 0 radical (unpaired) electrons. The van der Waals surface area contributed by atoms with Gasteiger partial charge in [-0.1, -0.05) is 24.3 Å². The summed E-state index contributed by atoms with van der Waals surface area (Å²) in [6, 6.07) is 13.2. The van der Waals surface area contributed by atoms with Crippen LogP contribution in [0.2, 0.25) is 0 Å².